The van der Waals surface area contributed by atoms with Crippen LogP contribution in [0.2, 0.25) is 0 Å². The van der Waals surface area contributed by atoms with Crippen molar-refractivity contribution in [2.24, 2.45) is 5.92 Å². The van der Waals surface area contributed by atoms with E-state index in [1.807, 2.05) is 34.2 Å². The number of ether oxygens (including phenoxy) is 1. The average Bonchev–Trinajstić information content (AvgIpc) is 3.60. The Morgan fingerprint density at radius 1 is 1.16 bits per heavy atom. The van der Waals surface area contributed by atoms with Crippen LogP contribution in [0.1, 0.15) is 51.4 Å². The molecule has 10 heteroatoms. The number of likely N-dealkylation sites (tertiary alicyclic amines) is 2. The molecule has 0 unspecified atom stereocenters. The number of nitrogens with one attached hydrogen (secondary N) is 1. The summed E-state index contributed by atoms with van der Waals surface area (Å²) < 4.78 is 7.61. The lowest BCUT2D eigenvalue weighted by atomic mass is 9.84. The first-order valence-electron chi connectivity index (χ1n) is 13.5. The zero-order valence-corrected chi connectivity index (χ0v) is 21.2. The van der Waals surface area contributed by atoms with Crippen LogP contribution >= 0.6 is 0 Å². The molecule has 3 aromatic rings. The van der Waals surface area contributed by atoms with Crippen LogP contribution in [0.5, 0.6) is 0 Å². The number of hydrogen-bond acceptors (Lipinski definition) is 7. The van der Waals surface area contributed by atoms with Gasteiger partial charge in [-0.15, -0.1) is 0 Å². The molecule has 3 aliphatic rings. The molecule has 1 amide bonds. The number of nitrogens with zero attached hydrogens (tertiary/aromatic N) is 7. The molecule has 1 aliphatic carbocycles. The monoisotopic (exact) mass is 502 g/mol. The highest BCUT2D eigenvalue weighted by Gasteiger charge is 2.48. The van der Waals surface area contributed by atoms with E-state index in [4.69, 9.17) is 4.74 Å². The Hall–Kier alpha value is -3.45. The minimum absolute atomic E-state index is 0.156. The molecule has 0 radical (unpaired) electrons. The molecule has 0 spiro atoms. The van der Waals surface area contributed by atoms with Crippen molar-refractivity contribution in [1.82, 2.24) is 34.5 Å². The Morgan fingerprint density at radius 3 is 2.76 bits per heavy atom. The van der Waals surface area contributed by atoms with E-state index in [2.05, 4.69) is 31.0 Å². The van der Waals surface area contributed by atoms with Crippen molar-refractivity contribution in [3.63, 3.8) is 0 Å². The van der Waals surface area contributed by atoms with Crippen LogP contribution in [-0.2, 0) is 10.3 Å². The highest BCUT2D eigenvalue weighted by atomic mass is 16.6. The summed E-state index contributed by atoms with van der Waals surface area (Å²) in [6.45, 7) is 3.58. The number of rotatable bonds is 6. The average molecular weight is 503 g/mol. The summed E-state index contributed by atoms with van der Waals surface area (Å²) in [5.41, 5.74) is 2.21. The summed E-state index contributed by atoms with van der Waals surface area (Å²) in [5.74, 6) is 0.538. The maximum atomic E-state index is 12.6. The van der Waals surface area contributed by atoms with Crippen LogP contribution in [0.4, 0.5) is 4.79 Å². The van der Waals surface area contributed by atoms with E-state index in [0.717, 1.165) is 61.3 Å². The smallest absolute Gasteiger partial charge is 0.409 e. The number of piperidine rings is 1. The second-order valence-corrected chi connectivity index (χ2v) is 10.9. The fourth-order valence-electron chi connectivity index (χ4n) is 6.31. The molecule has 6 rings (SSSR count). The van der Waals surface area contributed by atoms with Gasteiger partial charge in [0.25, 0.3) is 0 Å². The molecule has 3 fully saturated rings. The predicted molar refractivity (Wildman–Crippen MR) is 137 cm³/mol. The molecule has 0 atom stereocenters. The zero-order chi connectivity index (χ0) is 25.2. The normalized spacial score (nSPS) is 21.0. The maximum absolute atomic E-state index is 12.6. The lowest BCUT2D eigenvalue weighted by Crippen LogP contribution is -2.66. The summed E-state index contributed by atoms with van der Waals surface area (Å²) in [6, 6.07) is 4.76. The Kier molecular flexibility index (Phi) is 6.55. The van der Waals surface area contributed by atoms with Gasteiger partial charge in [-0.2, -0.15) is 10.4 Å². The van der Waals surface area contributed by atoms with Gasteiger partial charge in [-0.25, -0.2) is 14.8 Å². The van der Waals surface area contributed by atoms with Gasteiger partial charge in [-0.1, -0.05) is 19.3 Å². The summed E-state index contributed by atoms with van der Waals surface area (Å²) in [4.78, 5) is 28.8. The highest BCUT2D eigenvalue weighted by molar-refractivity contribution is 5.90. The third-order valence-corrected chi connectivity index (χ3v) is 8.51. The first-order chi connectivity index (χ1) is 18.1. The van der Waals surface area contributed by atoms with E-state index < -0.39 is 0 Å². The van der Waals surface area contributed by atoms with Crippen LogP contribution in [0.25, 0.3) is 22.3 Å². The fourth-order valence-corrected chi connectivity index (χ4v) is 6.31. The fraction of sp³-hybridized carbons (Fsp3) is 0.593. The number of aromatic nitrogens is 5. The number of carbonyl (C=O) groups excluding carboxylic acids is 1. The van der Waals surface area contributed by atoms with Crippen molar-refractivity contribution >= 4 is 17.1 Å². The molecule has 10 nitrogen and oxygen atoms in total. The molecule has 0 bridgehead atoms. The van der Waals surface area contributed by atoms with E-state index >= 15 is 0 Å². The van der Waals surface area contributed by atoms with Crippen LogP contribution in [-0.4, -0.2) is 79.5 Å². The lowest BCUT2D eigenvalue weighted by molar-refractivity contribution is -0.0428. The minimum atomic E-state index is -0.340. The maximum Gasteiger partial charge on any atom is 0.409 e. The van der Waals surface area contributed by atoms with E-state index in [0.29, 0.717) is 25.0 Å². The molecular weight excluding hydrogens is 468 g/mol. The molecule has 194 valence electrons. The second-order valence-electron chi connectivity index (χ2n) is 10.9. The summed E-state index contributed by atoms with van der Waals surface area (Å²) in [5, 5.41) is 15.2. The van der Waals surface area contributed by atoms with Gasteiger partial charge in [-0.3, -0.25) is 9.58 Å². The number of H-pyrrole nitrogens is 1. The van der Waals surface area contributed by atoms with Crippen molar-refractivity contribution in [3.05, 3.63) is 31.0 Å². The van der Waals surface area contributed by atoms with Gasteiger partial charge < -0.3 is 14.6 Å². The second kappa shape index (κ2) is 10.1. The third kappa shape index (κ3) is 4.68. The van der Waals surface area contributed by atoms with E-state index in [1.54, 1.807) is 6.33 Å². The van der Waals surface area contributed by atoms with E-state index in [-0.39, 0.29) is 11.6 Å². The van der Waals surface area contributed by atoms with Gasteiger partial charge in [0.1, 0.15) is 17.5 Å². The van der Waals surface area contributed by atoms with Gasteiger partial charge in [0, 0.05) is 55.6 Å². The first-order valence-corrected chi connectivity index (χ1v) is 13.5. The Labute approximate surface area is 216 Å². The quantitative estimate of drug-likeness (QED) is 0.543. The van der Waals surface area contributed by atoms with Crippen molar-refractivity contribution in [2.75, 3.05) is 32.8 Å². The lowest BCUT2D eigenvalue weighted by Gasteiger charge is -2.53. The van der Waals surface area contributed by atoms with Gasteiger partial charge in [0.05, 0.1) is 31.0 Å². The standard InChI is InChI=1S/C27H34N8O2/c28-10-9-27(35-15-21(14-32-35)24-23-6-11-29-25(23)31-19-30-24)17-34(18-27)22-7-12-33(13-8-22)26(36)37-16-20-4-2-1-3-5-20/h6,11,14-15,19-20,22H,1-5,7-9,12-13,16-18H2,(H,29,30,31). The Morgan fingerprint density at radius 2 is 1.97 bits per heavy atom. The number of amides is 1. The number of nitriles is 1. The van der Waals surface area contributed by atoms with E-state index in [1.165, 1.54) is 32.1 Å². The minimum Gasteiger partial charge on any atom is -0.449 e. The van der Waals surface area contributed by atoms with Crippen LogP contribution in [0, 0.1) is 17.2 Å². The number of hydrogen-bond donors (Lipinski definition) is 1. The molecule has 5 heterocycles. The summed E-state index contributed by atoms with van der Waals surface area (Å²) in [7, 11) is 0. The van der Waals surface area contributed by atoms with Crippen molar-refractivity contribution in [3.8, 4) is 17.3 Å². The molecule has 37 heavy (non-hydrogen) atoms. The SMILES string of the molecule is N#CCC1(n2cc(-c3ncnc4[nH]ccc34)cn2)CN(C2CCN(C(=O)OCC3CCCCC3)CC2)C1. The largest absolute Gasteiger partial charge is 0.449 e. The first kappa shape index (κ1) is 23.9. The summed E-state index contributed by atoms with van der Waals surface area (Å²) >= 11 is 0. The number of fused-ring (bicyclic) bond motifs is 1. The number of carbonyl (C=O) groups is 1. The summed E-state index contributed by atoms with van der Waals surface area (Å²) in [6.07, 6.45) is 15.5. The topological polar surface area (TPSA) is 116 Å². The number of aromatic amines is 1. The van der Waals surface area contributed by atoms with Crippen LogP contribution in [0.15, 0.2) is 31.0 Å². The molecule has 1 N–H and O–H groups in total. The highest BCUT2D eigenvalue weighted by Crippen LogP contribution is 2.37. The molecular formula is C27H34N8O2. The predicted octanol–water partition coefficient (Wildman–Crippen LogP) is 3.93. The van der Waals surface area contributed by atoms with Crippen molar-refractivity contribution in [1.29, 1.82) is 5.26 Å². The van der Waals surface area contributed by atoms with Gasteiger partial charge in [0.2, 0.25) is 0 Å². The van der Waals surface area contributed by atoms with Gasteiger partial charge in [0.15, 0.2) is 0 Å². The molecule has 3 aromatic heterocycles. The molecule has 1 saturated carbocycles. The Balaban J connectivity index is 1.05. The van der Waals surface area contributed by atoms with Gasteiger partial charge >= 0.3 is 6.09 Å². The Bertz CT molecular complexity index is 1270. The molecule has 2 saturated heterocycles. The van der Waals surface area contributed by atoms with Crippen LogP contribution in [0.3, 0.4) is 0 Å². The van der Waals surface area contributed by atoms with Crippen molar-refractivity contribution in [2.45, 2.75) is 62.9 Å². The van der Waals surface area contributed by atoms with Gasteiger partial charge in [-0.05, 0) is 37.7 Å². The molecule has 0 aromatic carbocycles. The van der Waals surface area contributed by atoms with E-state index in [9.17, 15) is 10.1 Å². The van der Waals surface area contributed by atoms with Crippen LogP contribution < -0.4 is 0 Å². The zero-order valence-electron chi connectivity index (χ0n) is 21.2. The van der Waals surface area contributed by atoms with Crippen molar-refractivity contribution < 1.29 is 9.53 Å². The molecule has 2 aliphatic heterocycles. The third-order valence-electron chi connectivity index (χ3n) is 8.51.